The number of rotatable bonds is 7. The van der Waals surface area contributed by atoms with Crippen LogP contribution in [0.3, 0.4) is 0 Å². The van der Waals surface area contributed by atoms with E-state index in [1.807, 2.05) is 43.3 Å². The van der Waals surface area contributed by atoms with Gasteiger partial charge in [0.25, 0.3) is 0 Å². The van der Waals surface area contributed by atoms with Crippen LogP contribution in [0.25, 0.3) is 0 Å². The lowest BCUT2D eigenvalue weighted by Gasteiger charge is -2.40. The molecule has 0 atom stereocenters. The molecule has 164 valence electrons. The van der Waals surface area contributed by atoms with Crippen molar-refractivity contribution in [2.24, 2.45) is 4.40 Å². The molecule has 0 aromatic heterocycles. The van der Waals surface area contributed by atoms with Gasteiger partial charge >= 0.3 is 0 Å². The third-order valence-electron chi connectivity index (χ3n) is 5.48. The van der Waals surface area contributed by atoms with Crippen molar-refractivity contribution in [2.75, 3.05) is 39.2 Å². The predicted octanol–water partition coefficient (Wildman–Crippen LogP) is 3.88. The third kappa shape index (κ3) is 5.60. The van der Waals surface area contributed by atoms with E-state index in [9.17, 15) is 4.79 Å². The average molecular weight is 459 g/mol. The van der Waals surface area contributed by atoms with Gasteiger partial charge in [0.2, 0.25) is 5.91 Å². The summed E-state index contributed by atoms with van der Waals surface area (Å²) in [5.74, 6) is -0.0825. The van der Waals surface area contributed by atoms with Gasteiger partial charge in [-0.05, 0) is 41.3 Å². The van der Waals surface area contributed by atoms with E-state index in [0.29, 0.717) is 11.1 Å². The second kappa shape index (κ2) is 10.0. The van der Waals surface area contributed by atoms with Crippen molar-refractivity contribution in [3.05, 3.63) is 58.1 Å². The van der Waals surface area contributed by atoms with Crippen LogP contribution in [0, 0.1) is 0 Å². The Labute approximate surface area is 192 Å². The maximum atomic E-state index is 12.7. The average Bonchev–Trinajstić information content (AvgIpc) is 2.68. The second-order valence-corrected chi connectivity index (χ2v) is 9.36. The molecule has 0 unspecified atom stereocenters. The number of nitrogens with zero attached hydrogens (tertiary/aromatic N) is 3. The summed E-state index contributed by atoms with van der Waals surface area (Å²) >= 11 is 7.67. The molecule has 2 aliphatic rings. The fourth-order valence-corrected chi connectivity index (χ4v) is 4.85. The molecule has 0 bridgehead atoms. The Balaban J connectivity index is 1.55. The molecule has 1 amide bonds. The van der Waals surface area contributed by atoms with Crippen LogP contribution < -0.4 is 5.32 Å². The topological polar surface area (TPSA) is 57.2 Å². The zero-order valence-electron chi connectivity index (χ0n) is 17.8. The highest BCUT2D eigenvalue weighted by molar-refractivity contribution is 7.98. The van der Waals surface area contributed by atoms with Gasteiger partial charge in [0, 0.05) is 54.7 Å². The Bertz CT molecular complexity index is 978. The summed E-state index contributed by atoms with van der Waals surface area (Å²) in [6.07, 6.45) is 3.00. The second-order valence-electron chi connectivity index (χ2n) is 8.12. The summed E-state index contributed by atoms with van der Waals surface area (Å²) in [7, 11) is 3.90. The molecule has 0 radical (unpaired) electrons. The molecule has 6 nitrogen and oxygen atoms in total. The predicted molar refractivity (Wildman–Crippen MR) is 127 cm³/mol. The number of ether oxygens (including phenoxy) is 1. The summed E-state index contributed by atoms with van der Waals surface area (Å²) in [6.45, 7) is 3.49. The molecule has 0 saturated carbocycles. The maximum Gasteiger partial charge on any atom is 0.228 e. The summed E-state index contributed by atoms with van der Waals surface area (Å²) in [5, 5.41) is 3.67. The summed E-state index contributed by atoms with van der Waals surface area (Å²) in [5.41, 5.74) is 4.18. The van der Waals surface area contributed by atoms with E-state index >= 15 is 0 Å². The molecule has 1 saturated heterocycles. The number of amides is 1. The number of hydrogen-bond donors (Lipinski definition) is 1. The molecule has 8 heteroatoms. The Hall–Kier alpha value is -2.06. The van der Waals surface area contributed by atoms with Crippen LogP contribution in [-0.2, 0) is 28.9 Å². The van der Waals surface area contributed by atoms with E-state index in [2.05, 4.69) is 20.7 Å². The van der Waals surface area contributed by atoms with Crippen molar-refractivity contribution in [1.82, 2.24) is 9.80 Å². The van der Waals surface area contributed by atoms with Gasteiger partial charge < -0.3 is 15.0 Å². The van der Waals surface area contributed by atoms with Crippen LogP contribution in [-0.4, -0.2) is 61.9 Å². The van der Waals surface area contributed by atoms with Gasteiger partial charge in [-0.15, -0.1) is 0 Å². The van der Waals surface area contributed by atoms with Gasteiger partial charge in [-0.3, -0.25) is 9.69 Å². The first-order valence-corrected chi connectivity index (χ1v) is 11.5. The Kier molecular flexibility index (Phi) is 7.17. The number of carbonyl (C=O) groups excluding carboxylic acids is 1. The molecule has 1 fully saturated rings. The highest BCUT2D eigenvalue weighted by Crippen LogP contribution is 2.34. The molecule has 2 aliphatic heterocycles. The van der Waals surface area contributed by atoms with Crippen molar-refractivity contribution < 1.29 is 9.53 Å². The number of carbonyl (C=O) groups is 1. The van der Waals surface area contributed by atoms with Crippen LogP contribution >= 0.6 is 23.5 Å². The van der Waals surface area contributed by atoms with Crippen LogP contribution in [0.5, 0.6) is 0 Å². The van der Waals surface area contributed by atoms with E-state index in [1.165, 1.54) is 23.1 Å². The lowest BCUT2D eigenvalue weighted by atomic mass is 9.97. The number of fused-ring (bicyclic) bond motifs is 1. The molecule has 2 heterocycles. The van der Waals surface area contributed by atoms with Crippen LogP contribution in [0.4, 0.5) is 5.69 Å². The first-order valence-electron chi connectivity index (χ1n) is 10.4. The van der Waals surface area contributed by atoms with Crippen molar-refractivity contribution in [3.63, 3.8) is 0 Å². The van der Waals surface area contributed by atoms with E-state index in [0.717, 1.165) is 48.9 Å². The number of nitrogens with one attached hydrogen (secondary N) is 1. The minimum atomic E-state index is -0.0825. The van der Waals surface area contributed by atoms with Crippen LogP contribution in [0.2, 0.25) is 5.02 Å². The molecular formula is C23H27ClN4O2S. The molecule has 1 N–H and O–H groups in total. The van der Waals surface area contributed by atoms with Gasteiger partial charge in [0.1, 0.15) is 0 Å². The lowest BCUT2D eigenvalue weighted by molar-refractivity contribution is -0.115. The summed E-state index contributed by atoms with van der Waals surface area (Å²) in [6, 6.07) is 12.1. The largest absolute Gasteiger partial charge is 0.378 e. The minimum Gasteiger partial charge on any atom is -0.378 e. The normalized spacial score (nSPS) is 16.7. The fourth-order valence-electron chi connectivity index (χ4n) is 3.78. The van der Waals surface area contributed by atoms with E-state index in [-0.39, 0.29) is 12.3 Å². The maximum absolute atomic E-state index is 12.7. The first kappa shape index (κ1) is 22.1. The zero-order valence-corrected chi connectivity index (χ0v) is 19.4. The van der Waals surface area contributed by atoms with Crippen molar-refractivity contribution in [2.45, 2.75) is 30.3 Å². The number of anilines is 1. The number of benzene rings is 2. The lowest BCUT2D eigenvalue weighted by Crippen LogP contribution is -2.50. The molecule has 31 heavy (non-hydrogen) atoms. The molecule has 0 spiro atoms. The highest BCUT2D eigenvalue weighted by Gasteiger charge is 2.30. The van der Waals surface area contributed by atoms with Crippen LogP contribution in [0.15, 0.2) is 45.7 Å². The van der Waals surface area contributed by atoms with Gasteiger partial charge in [-0.1, -0.05) is 29.8 Å². The molecule has 2 aromatic carbocycles. The SMILES string of the molecule is CN(C)C=NSc1cc(NC(=O)Cc2ccccc2Cl)cc2c1CCN(C1COC1)C2. The Morgan fingerprint density at radius 1 is 1.35 bits per heavy atom. The third-order valence-corrected chi connectivity index (χ3v) is 6.61. The summed E-state index contributed by atoms with van der Waals surface area (Å²) in [4.78, 5) is 18.2. The minimum absolute atomic E-state index is 0.0825. The number of hydrogen-bond acceptors (Lipinski definition) is 5. The highest BCUT2D eigenvalue weighted by atomic mass is 35.5. The van der Waals surface area contributed by atoms with Crippen LogP contribution in [0.1, 0.15) is 16.7 Å². The monoisotopic (exact) mass is 458 g/mol. The molecule has 2 aromatic rings. The Morgan fingerprint density at radius 3 is 2.87 bits per heavy atom. The molecular weight excluding hydrogens is 432 g/mol. The van der Waals surface area contributed by atoms with Crippen molar-refractivity contribution in [1.29, 1.82) is 0 Å². The van der Waals surface area contributed by atoms with Gasteiger partial charge in [0.15, 0.2) is 0 Å². The smallest absolute Gasteiger partial charge is 0.228 e. The van der Waals surface area contributed by atoms with Gasteiger partial charge in [-0.25, -0.2) is 4.40 Å². The fraction of sp³-hybridized carbons (Fsp3) is 0.391. The van der Waals surface area contributed by atoms with E-state index < -0.39 is 0 Å². The van der Waals surface area contributed by atoms with E-state index in [1.54, 1.807) is 12.4 Å². The molecule has 4 rings (SSSR count). The van der Waals surface area contributed by atoms with E-state index in [4.69, 9.17) is 16.3 Å². The molecule has 0 aliphatic carbocycles. The van der Waals surface area contributed by atoms with Crippen molar-refractivity contribution in [3.8, 4) is 0 Å². The summed E-state index contributed by atoms with van der Waals surface area (Å²) < 4.78 is 9.86. The first-order chi connectivity index (χ1) is 15.0. The van der Waals surface area contributed by atoms with Crippen molar-refractivity contribution >= 4 is 41.5 Å². The quantitative estimate of drug-likeness (QED) is 0.387. The standard InChI is InChI=1S/C23H27ClN4O2S/c1-27(2)15-25-31-22-11-18(26-23(29)10-16-5-3-4-6-21(16)24)9-17-12-28(8-7-20(17)22)19-13-30-14-19/h3-6,9,11,15,19H,7-8,10,12-14H2,1-2H3,(H,26,29). The zero-order chi connectivity index (χ0) is 21.8. The van der Waals surface area contributed by atoms with Gasteiger partial charge in [-0.2, -0.15) is 0 Å². The Morgan fingerprint density at radius 2 is 2.16 bits per heavy atom. The van der Waals surface area contributed by atoms with Gasteiger partial charge in [0.05, 0.1) is 32.0 Å². The number of halogens is 1.